The second kappa shape index (κ2) is 7.87. The lowest BCUT2D eigenvalue weighted by atomic mass is 9.92. The van der Waals surface area contributed by atoms with Gasteiger partial charge in [0.15, 0.2) is 5.69 Å². The molecule has 27 heavy (non-hydrogen) atoms. The molecule has 0 saturated heterocycles. The summed E-state index contributed by atoms with van der Waals surface area (Å²) in [5.41, 5.74) is 7.43. The lowest BCUT2D eigenvalue weighted by Crippen LogP contribution is -2.28. The highest BCUT2D eigenvalue weighted by Crippen LogP contribution is 2.26. The Bertz CT molecular complexity index is 908. The van der Waals surface area contributed by atoms with Crippen molar-refractivity contribution in [1.29, 1.82) is 0 Å². The highest BCUT2D eigenvalue weighted by Gasteiger charge is 2.22. The van der Waals surface area contributed by atoms with Crippen molar-refractivity contribution in [1.82, 2.24) is 30.1 Å². The van der Waals surface area contributed by atoms with Gasteiger partial charge in [-0.15, -0.1) is 5.10 Å². The first-order valence-electron chi connectivity index (χ1n) is 9.57. The number of amides is 1. The smallest absolute Gasteiger partial charge is 0.273 e. The number of nitrogens with one attached hydrogen (secondary N) is 1. The van der Waals surface area contributed by atoms with E-state index < -0.39 is 0 Å². The van der Waals surface area contributed by atoms with Gasteiger partial charge < -0.3 is 11.1 Å². The Morgan fingerprint density at radius 1 is 1.22 bits per heavy atom. The average molecular weight is 367 g/mol. The fraction of sp³-hybridized carbons (Fsp3) is 0.474. The van der Waals surface area contributed by atoms with Gasteiger partial charge in [0.2, 0.25) is 0 Å². The molecule has 0 spiro atoms. The van der Waals surface area contributed by atoms with Crippen LogP contribution < -0.4 is 11.1 Å². The molecular weight excluding hydrogens is 342 g/mol. The maximum Gasteiger partial charge on any atom is 0.273 e. The molecule has 2 heterocycles. The van der Waals surface area contributed by atoms with Crippen LogP contribution in [0.5, 0.6) is 0 Å². The molecule has 1 fully saturated rings. The van der Waals surface area contributed by atoms with Gasteiger partial charge in [-0.25, -0.2) is 4.68 Å². The molecule has 8 nitrogen and oxygen atoms in total. The van der Waals surface area contributed by atoms with Gasteiger partial charge in [0.05, 0.1) is 24.0 Å². The number of nitrogens with two attached hydrogens (primary N) is 1. The number of carbonyl (C=O) groups is 1. The average Bonchev–Trinajstić information content (AvgIpc) is 3.33. The molecule has 142 valence electrons. The summed E-state index contributed by atoms with van der Waals surface area (Å²) in [6, 6.07) is 8.70. The maximum atomic E-state index is 12.3. The highest BCUT2D eigenvalue weighted by molar-refractivity contribution is 5.91. The van der Waals surface area contributed by atoms with Crippen molar-refractivity contribution in [3.05, 3.63) is 42.4 Å². The molecular formula is C19H25N7O. The molecule has 1 aliphatic carbocycles. The number of nitrogens with zero attached hydrogens (tertiary/aromatic N) is 5. The predicted molar refractivity (Wildman–Crippen MR) is 102 cm³/mol. The lowest BCUT2D eigenvalue weighted by molar-refractivity contribution is 0.0947. The van der Waals surface area contributed by atoms with Gasteiger partial charge in [-0.1, -0.05) is 23.4 Å². The number of aryl methyl sites for hydroxylation is 1. The molecule has 0 bridgehead atoms. The number of hydrogen-bond acceptors (Lipinski definition) is 5. The summed E-state index contributed by atoms with van der Waals surface area (Å²) in [6.07, 6.45) is 8.38. The van der Waals surface area contributed by atoms with Gasteiger partial charge in [0.1, 0.15) is 0 Å². The zero-order valence-electron chi connectivity index (χ0n) is 15.3. The van der Waals surface area contributed by atoms with Crippen molar-refractivity contribution in [2.75, 3.05) is 6.54 Å². The van der Waals surface area contributed by atoms with Crippen molar-refractivity contribution in [3.63, 3.8) is 0 Å². The largest absolute Gasteiger partial charge is 0.351 e. The molecule has 2 aromatic heterocycles. The Morgan fingerprint density at radius 3 is 2.89 bits per heavy atom. The molecule has 0 aliphatic heterocycles. The van der Waals surface area contributed by atoms with Crippen LogP contribution in [0.15, 0.2) is 36.7 Å². The van der Waals surface area contributed by atoms with Crippen molar-refractivity contribution in [2.45, 2.75) is 50.7 Å². The molecule has 1 aliphatic rings. The van der Waals surface area contributed by atoms with E-state index in [4.69, 9.17) is 5.73 Å². The zero-order valence-corrected chi connectivity index (χ0v) is 15.3. The number of hydrogen-bond donors (Lipinski definition) is 2. The number of carbonyl (C=O) groups excluding carboxylic acids is 1. The van der Waals surface area contributed by atoms with Crippen molar-refractivity contribution in [2.24, 2.45) is 5.73 Å². The Morgan fingerprint density at radius 2 is 2.04 bits per heavy atom. The van der Waals surface area contributed by atoms with Gasteiger partial charge in [-0.3, -0.25) is 9.48 Å². The van der Waals surface area contributed by atoms with Crippen molar-refractivity contribution >= 4 is 16.8 Å². The maximum absolute atomic E-state index is 12.3. The SMILES string of the molecule is NC1CCC(n2cc(C(=O)NCCCn3ncc4ccccc43)nn2)CC1. The molecule has 0 unspecified atom stereocenters. The van der Waals surface area contributed by atoms with Crippen molar-refractivity contribution < 1.29 is 4.79 Å². The van der Waals surface area contributed by atoms with E-state index in [9.17, 15) is 4.79 Å². The van der Waals surface area contributed by atoms with E-state index >= 15 is 0 Å². The normalized spacial score (nSPS) is 20.0. The third-order valence-corrected chi connectivity index (χ3v) is 5.24. The minimum absolute atomic E-state index is 0.181. The Kier molecular flexibility index (Phi) is 5.15. The quantitative estimate of drug-likeness (QED) is 0.648. The van der Waals surface area contributed by atoms with E-state index in [-0.39, 0.29) is 5.91 Å². The number of rotatable bonds is 6. The summed E-state index contributed by atoms with van der Waals surface area (Å²) in [4.78, 5) is 12.3. The first kappa shape index (κ1) is 17.7. The second-order valence-corrected chi connectivity index (χ2v) is 7.19. The number of aromatic nitrogens is 5. The molecule has 0 radical (unpaired) electrons. The first-order valence-corrected chi connectivity index (χ1v) is 9.57. The van der Waals surface area contributed by atoms with Gasteiger partial charge in [-0.2, -0.15) is 5.10 Å². The minimum atomic E-state index is -0.181. The van der Waals surface area contributed by atoms with Crippen LogP contribution in [0.3, 0.4) is 0 Å². The molecule has 3 aromatic rings. The van der Waals surface area contributed by atoms with Crippen molar-refractivity contribution in [3.8, 4) is 0 Å². The molecule has 1 saturated carbocycles. The number of benzene rings is 1. The highest BCUT2D eigenvalue weighted by atomic mass is 16.2. The Hall–Kier alpha value is -2.74. The fourth-order valence-corrected chi connectivity index (χ4v) is 3.65. The van der Waals surface area contributed by atoms with E-state index in [0.717, 1.165) is 49.6 Å². The molecule has 0 atom stereocenters. The molecule has 4 rings (SSSR count). The monoisotopic (exact) mass is 367 g/mol. The fourth-order valence-electron chi connectivity index (χ4n) is 3.65. The summed E-state index contributed by atoms with van der Waals surface area (Å²) in [6.45, 7) is 1.32. The molecule has 3 N–H and O–H groups in total. The Labute approximate surface area is 157 Å². The van der Waals surface area contributed by atoms with Crippen LogP contribution in [0.2, 0.25) is 0 Å². The van der Waals surface area contributed by atoms with E-state index in [2.05, 4.69) is 26.8 Å². The predicted octanol–water partition coefficient (Wildman–Crippen LogP) is 1.89. The van der Waals surface area contributed by atoms with Crippen LogP contribution in [-0.4, -0.2) is 43.3 Å². The van der Waals surface area contributed by atoms with E-state index in [1.165, 1.54) is 0 Å². The van der Waals surface area contributed by atoms with Crippen LogP contribution in [-0.2, 0) is 6.54 Å². The Balaban J connectivity index is 1.26. The minimum Gasteiger partial charge on any atom is -0.351 e. The van der Waals surface area contributed by atoms with Gasteiger partial charge >= 0.3 is 0 Å². The van der Waals surface area contributed by atoms with Crippen LogP contribution >= 0.6 is 0 Å². The summed E-state index contributed by atoms with van der Waals surface area (Å²) in [7, 11) is 0. The van der Waals surface area contributed by atoms with E-state index in [0.29, 0.717) is 24.3 Å². The topological polar surface area (TPSA) is 104 Å². The van der Waals surface area contributed by atoms with Crippen LogP contribution in [0.4, 0.5) is 0 Å². The molecule has 8 heteroatoms. The summed E-state index contributed by atoms with van der Waals surface area (Å²) in [5.74, 6) is -0.181. The van der Waals surface area contributed by atoms with Gasteiger partial charge in [-0.05, 0) is 38.2 Å². The van der Waals surface area contributed by atoms with E-state index in [1.807, 2.05) is 33.8 Å². The third kappa shape index (κ3) is 4.00. The second-order valence-electron chi connectivity index (χ2n) is 7.19. The third-order valence-electron chi connectivity index (χ3n) is 5.24. The van der Waals surface area contributed by atoms with Gasteiger partial charge in [0, 0.05) is 24.5 Å². The van der Waals surface area contributed by atoms with Crippen LogP contribution in [0.25, 0.3) is 10.9 Å². The van der Waals surface area contributed by atoms with Crippen LogP contribution in [0.1, 0.15) is 48.6 Å². The lowest BCUT2D eigenvalue weighted by Gasteiger charge is -2.25. The van der Waals surface area contributed by atoms with E-state index in [1.54, 1.807) is 6.20 Å². The summed E-state index contributed by atoms with van der Waals surface area (Å²) < 4.78 is 3.78. The molecule has 1 amide bonds. The van der Waals surface area contributed by atoms with Crippen LogP contribution in [0, 0.1) is 0 Å². The molecule has 1 aromatic carbocycles. The summed E-state index contributed by atoms with van der Waals surface area (Å²) in [5, 5.41) is 16.6. The van der Waals surface area contributed by atoms with Gasteiger partial charge in [0.25, 0.3) is 5.91 Å². The zero-order chi connectivity index (χ0) is 18.6. The standard InChI is InChI=1S/C19H25N7O/c20-15-6-8-16(9-7-15)26-13-17(23-24-26)19(27)21-10-3-11-25-18-5-2-1-4-14(18)12-22-25/h1-2,4-5,12-13,15-16H,3,6-11,20H2,(H,21,27). The first-order chi connectivity index (χ1) is 13.2. The summed E-state index contributed by atoms with van der Waals surface area (Å²) >= 11 is 0. The number of para-hydroxylation sites is 1. The number of fused-ring (bicyclic) bond motifs is 1.